The molecule has 98 valence electrons. The molecule has 1 aliphatic heterocycles. The number of rotatable bonds is 4. The molecule has 2 heterocycles. The number of amides is 2. The molecule has 2 atom stereocenters. The van der Waals surface area contributed by atoms with E-state index < -0.39 is 0 Å². The lowest BCUT2D eigenvalue weighted by Gasteiger charge is -2.13. The zero-order valence-corrected chi connectivity index (χ0v) is 11.5. The van der Waals surface area contributed by atoms with Gasteiger partial charge in [-0.1, -0.05) is 18.3 Å². The Morgan fingerprint density at radius 2 is 1.89 bits per heavy atom. The maximum atomic E-state index is 12.0. The Balaban J connectivity index is 2.16. The maximum absolute atomic E-state index is 12.0. The first-order valence-corrected chi connectivity index (χ1v) is 6.73. The molecule has 0 saturated carbocycles. The molecule has 0 aromatic carbocycles. The van der Waals surface area contributed by atoms with Crippen molar-refractivity contribution >= 4 is 28.3 Å². The second-order valence-electron chi connectivity index (χ2n) is 4.42. The van der Waals surface area contributed by atoms with Crippen LogP contribution in [0.4, 0.5) is 5.00 Å². The Bertz CT molecular complexity index is 453. The number of anilines is 1. The molecule has 2 unspecified atom stereocenters. The molecule has 1 N–H and O–H groups in total. The lowest BCUT2D eigenvalue weighted by atomic mass is 10.00. The molecule has 7 heteroatoms. The molecule has 1 aromatic rings. The molecule has 1 aliphatic rings. The molecular formula is C11H16N4O2S. The van der Waals surface area contributed by atoms with Crippen molar-refractivity contribution in [3.8, 4) is 0 Å². The van der Waals surface area contributed by atoms with Crippen molar-refractivity contribution in [1.82, 2.24) is 14.5 Å². The van der Waals surface area contributed by atoms with Gasteiger partial charge in [-0.05, 0) is 6.92 Å². The summed E-state index contributed by atoms with van der Waals surface area (Å²) in [6.45, 7) is 6.52. The SMILES string of the molecule is CCNc1snnc1CN1C(=O)C(C)C(C)C1=O. The Labute approximate surface area is 110 Å². The van der Waals surface area contributed by atoms with Crippen LogP contribution in [0.2, 0.25) is 0 Å². The van der Waals surface area contributed by atoms with E-state index in [4.69, 9.17) is 0 Å². The first kappa shape index (κ1) is 12.9. The molecule has 2 rings (SSSR count). The first-order chi connectivity index (χ1) is 8.56. The van der Waals surface area contributed by atoms with Gasteiger partial charge in [-0.25, -0.2) is 0 Å². The number of aromatic nitrogens is 2. The van der Waals surface area contributed by atoms with E-state index in [0.717, 1.165) is 11.5 Å². The number of carbonyl (C=O) groups is 2. The van der Waals surface area contributed by atoms with Crippen LogP contribution in [0.15, 0.2) is 0 Å². The topological polar surface area (TPSA) is 75.2 Å². The van der Waals surface area contributed by atoms with E-state index in [-0.39, 0.29) is 30.2 Å². The fourth-order valence-electron chi connectivity index (χ4n) is 1.94. The van der Waals surface area contributed by atoms with Crippen molar-refractivity contribution in [1.29, 1.82) is 0 Å². The molecule has 1 aromatic heterocycles. The van der Waals surface area contributed by atoms with Gasteiger partial charge in [-0.2, -0.15) is 0 Å². The Morgan fingerprint density at radius 1 is 1.28 bits per heavy atom. The summed E-state index contributed by atoms with van der Waals surface area (Å²) in [5.74, 6) is -0.732. The van der Waals surface area contributed by atoms with E-state index >= 15 is 0 Å². The van der Waals surface area contributed by atoms with Crippen molar-refractivity contribution in [3.63, 3.8) is 0 Å². The van der Waals surface area contributed by atoms with Gasteiger partial charge in [0.2, 0.25) is 11.8 Å². The highest BCUT2D eigenvalue weighted by Crippen LogP contribution is 2.28. The minimum absolute atomic E-state index is 0.122. The van der Waals surface area contributed by atoms with Crippen LogP contribution < -0.4 is 5.32 Å². The molecule has 2 amide bonds. The Kier molecular flexibility index (Phi) is 3.60. The van der Waals surface area contributed by atoms with Gasteiger partial charge in [0.15, 0.2) is 0 Å². The van der Waals surface area contributed by atoms with Crippen LogP contribution in [0.3, 0.4) is 0 Å². The molecule has 18 heavy (non-hydrogen) atoms. The lowest BCUT2D eigenvalue weighted by molar-refractivity contribution is -0.140. The second kappa shape index (κ2) is 5.01. The van der Waals surface area contributed by atoms with E-state index in [1.165, 1.54) is 16.4 Å². The van der Waals surface area contributed by atoms with E-state index in [9.17, 15) is 9.59 Å². The largest absolute Gasteiger partial charge is 0.374 e. The van der Waals surface area contributed by atoms with Gasteiger partial charge in [0.1, 0.15) is 10.7 Å². The summed E-state index contributed by atoms with van der Waals surface area (Å²) in [5, 5.41) is 7.93. The number of hydrogen-bond acceptors (Lipinski definition) is 6. The summed E-state index contributed by atoms with van der Waals surface area (Å²) in [6, 6.07) is 0. The zero-order chi connectivity index (χ0) is 13.3. The Morgan fingerprint density at radius 3 is 2.44 bits per heavy atom. The third-order valence-electron chi connectivity index (χ3n) is 3.26. The van der Waals surface area contributed by atoms with Gasteiger partial charge in [0.25, 0.3) is 0 Å². The quantitative estimate of drug-likeness (QED) is 0.828. The lowest BCUT2D eigenvalue weighted by Crippen LogP contribution is -2.30. The predicted octanol–water partition coefficient (Wildman–Crippen LogP) is 1.11. The Hall–Kier alpha value is -1.50. The van der Waals surface area contributed by atoms with Gasteiger partial charge in [-0.3, -0.25) is 14.5 Å². The van der Waals surface area contributed by atoms with E-state index in [2.05, 4.69) is 14.9 Å². The molecular weight excluding hydrogens is 252 g/mol. The van der Waals surface area contributed by atoms with Crippen LogP contribution in [0.1, 0.15) is 26.5 Å². The number of nitrogens with zero attached hydrogens (tertiary/aromatic N) is 3. The molecule has 0 spiro atoms. The summed E-state index contributed by atoms with van der Waals surface area (Å²) in [4.78, 5) is 25.2. The van der Waals surface area contributed by atoms with Crippen LogP contribution in [-0.4, -0.2) is 32.8 Å². The molecule has 1 fully saturated rings. The molecule has 0 aliphatic carbocycles. The highest BCUT2D eigenvalue weighted by Gasteiger charge is 2.42. The fraction of sp³-hybridized carbons (Fsp3) is 0.636. The van der Waals surface area contributed by atoms with Crippen molar-refractivity contribution < 1.29 is 9.59 Å². The van der Waals surface area contributed by atoms with Gasteiger partial charge >= 0.3 is 0 Å². The van der Waals surface area contributed by atoms with Gasteiger partial charge < -0.3 is 5.32 Å². The predicted molar refractivity (Wildman–Crippen MR) is 68.0 cm³/mol. The van der Waals surface area contributed by atoms with Crippen LogP contribution in [0.25, 0.3) is 0 Å². The maximum Gasteiger partial charge on any atom is 0.233 e. The fourth-order valence-corrected chi connectivity index (χ4v) is 2.58. The highest BCUT2D eigenvalue weighted by molar-refractivity contribution is 7.10. The third kappa shape index (κ3) is 2.10. The first-order valence-electron chi connectivity index (χ1n) is 5.96. The van der Waals surface area contributed by atoms with Gasteiger partial charge in [-0.15, -0.1) is 5.10 Å². The molecule has 0 bridgehead atoms. The average molecular weight is 268 g/mol. The van der Waals surface area contributed by atoms with E-state index in [1.807, 2.05) is 6.92 Å². The number of nitrogens with one attached hydrogen (secondary N) is 1. The number of carbonyl (C=O) groups excluding carboxylic acids is 2. The summed E-state index contributed by atoms with van der Waals surface area (Å²) < 4.78 is 3.85. The van der Waals surface area contributed by atoms with Crippen LogP contribution >= 0.6 is 11.5 Å². The zero-order valence-electron chi connectivity index (χ0n) is 10.6. The number of likely N-dealkylation sites (tertiary alicyclic amines) is 1. The van der Waals surface area contributed by atoms with E-state index in [1.54, 1.807) is 13.8 Å². The highest BCUT2D eigenvalue weighted by atomic mass is 32.1. The monoisotopic (exact) mass is 268 g/mol. The van der Waals surface area contributed by atoms with Gasteiger partial charge in [0, 0.05) is 29.9 Å². The summed E-state index contributed by atoms with van der Waals surface area (Å²) in [5.41, 5.74) is 0.657. The summed E-state index contributed by atoms with van der Waals surface area (Å²) in [6.07, 6.45) is 0. The molecule has 0 radical (unpaired) electrons. The van der Waals surface area contributed by atoms with Crippen molar-refractivity contribution in [2.24, 2.45) is 11.8 Å². The number of hydrogen-bond donors (Lipinski definition) is 1. The summed E-state index contributed by atoms with van der Waals surface area (Å²) in [7, 11) is 0. The number of imide groups is 1. The minimum atomic E-state index is -0.244. The average Bonchev–Trinajstić information content (AvgIpc) is 2.86. The van der Waals surface area contributed by atoms with E-state index in [0.29, 0.717) is 5.69 Å². The van der Waals surface area contributed by atoms with Crippen LogP contribution in [0.5, 0.6) is 0 Å². The van der Waals surface area contributed by atoms with Crippen molar-refractivity contribution in [2.75, 3.05) is 11.9 Å². The summed E-state index contributed by atoms with van der Waals surface area (Å²) >= 11 is 1.24. The second-order valence-corrected chi connectivity index (χ2v) is 5.17. The third-order valence-corrected chi connectivity index (χ3v) is 3.99. The van der Waals surface area contributed by atoms with Crippen LogP contribution in [-0.2, 0) is 16.1 Å². The molecule has 6 nitrogen and oxygen atoms in total. The van der Waals surface area contributed by atoms with Gasteiger partial charge in [0.05, 0.1) is 6.54 Å². The van der Waals surface area contributed by atoms with Crippen molar-refractivity contribution in [2.45, 2.75) is 27.3 Å². The van der Waals surface area contributed by atoms with Crippen molar-refractivity contribution in [3.05, 3.63) is 5.69 Å². The van der Waals surface area contributed by atoms with Crippen LogP contribution in [0, 0.1) is 11.8 Å². The molecule has 1 saturated heterocycles. The minimum Gasteiger partial charge on any atom is -0.374 e. The smallest absolute Gasteiger partial charge is 0.233 e. The normalized spacial score (nSPS) is 23.8. The standard InChI is InChI=1S/C11H16N4O2S/c1-4-12-9-8(13-14-18-9)5-15-10(16)6(2)7(3)11(15)17/h6-7,12H,4-5H2,1-3H3.